The molecule has 1 unspecified atom stereocenters. The molecule has 0 saturated carbocycles. The molecule has 0 spiro atoms. The van der Waals surface area contributed by atoms with E-state index >= 15 is 0 Å². The lowest BCUT2D eigenvalue weighted by Gasteiger charge is -2.19. The minimum absolute atomic E-state index is 0.0456. The molecule has 1 aliphatic rings. The first-order valence-corrected chi connectivity index (χ1v) is 8.09. The predicted octanol–water partition coefficient (Wildman–Crippen LogP) is 2.40. The van der Waals surface area contributed by atoms with Gasteiger partial charge >= 0.3 is 6.03 Å². The van der Waals surface area contributed by atoms with Crippen molar-refractivity contribution >= 4 is 27.9 Å². The molecular weight excluding hydrogens is 381 g/mol. The third-order valence-electron chi connectivity index (χ3n) is 3.88. The maximum absolute atomic E-state index is 12.6. The third-order valence-corrected chi connectivity index (χ3v) is 4.41. The van der Waals surface area contributed by atoms with Gasteiger partial charge in [0, 0.05) is 16.5 Å². The van der Waals surface area contributed by atoms with Crippen molar-refractivity contribution in [1.82, 2.24) is 25.4 Å². The number of urea groups is 1. The van der Waals surface area contributed by atoms with Crippen LogP contribution in [0.3, 0.4) is 0 Å². The Bertz CT molecular complexity index is 778. The number of carbonyl (C=O) groups is 2. The van der Waals surface area contributed by atoms with Gasteiger partial charge in [0.05, 0.1) is 13.2 Å². The zero-order valence-corrected chi connectivity index (χ0v) is 14.4. The highest BCUT2D eigenvalue weighted by Gasteiger charge is 2.47. The van der Waals surface area contributed by atoms with E-state index < -0.39 is 24.2 Å². The quantitative estimate of drug-likeness (QED) is 0.760. The standard InChI is InChI=1S/C15H15BrFN5O2/c1-15(6-7-17)13(23)22(14(24)19-15)8-11-18-12(21-20-11)9-2-4-10(16)5-3-9/h2-5H,6-8H2,1H3,(H,19,24)(H,18,20,21). The first kappa shape index (κ1) is 16.6. The summed E-state index contributed by atoms with van der Waals surface area (Å²) in [6.45, 7) is 0.781. The summed E-state index contributed by atoms with van der Waals surface area (Å²) < 4.78 is 13.5. The smallest absolute Gasteiger partial charge is 0.323 e. The summed E-state index contributed by atoms with van der Waals surface area (Å²) in [5.74, 6) is 0.378. The van der Waals surface area contributed by atoms with E-state index in [0.29, 0.717) is 11.6 Å². The average molecular weight is 396 g/mol. The Morgan fingerprint density at radius 2 is 2.00 bits per heavy atom. The van der Waals surface area contributed by atoms with Crippen LogP contribution in [-0.2, 0) is 11.3 Å². The summed E-state index contributed by atoms with van der Waals surface area (Å²) in [7, 11) is 0. The van der Waals surface area contributed by atoms with E-state index in [0.717, 1.165) is 14.9 Å². The SMILES string of the molecule is CC1(CCF)NC(=O)N(Cc2nc(-c3ccc(Br)cc3)n[nH]2)C1=O. The molecule has 3 rings (SSSR count). The summed E-state index contributed by atoms with van der Waals surface area (Å²) in [4.78, 5) is 29.7. The average Bonchev–Trinajstić information content (AvgIpc) is 3.08. The van der Waals surface area contributed by atoms with Crippen LogP contribution in [0.5, 0.6) is 0 Å². The van der Waals surface area contributed by atoms with E-state index in [2.05, 4.69) is 36.4 Å². The Morgan fingerprint density at radius 1 is 1.29 bits per heavy atom. The zero-order valence-electron chi connectivity index (χ0n) is 12.8. The number of H-pyrrole nitrogens is 1. The number of amides is 3. The summed E-state index contributed by atoms with van der Waals surface area (Å²) in [6, 6.07) is 6.88. The van der Waals surface area contributed by atoms with Gasteiger partial charge in [-0.15, -0.1) is 0 Å². The molecule has 0 bridgehead atoms. The van der Waals surface area contributed by atoms with Crippen LogP contribution in [0.2, 0.25) is 0 Å². The Morgan fingerprint density at radius 3 is 2.67 bits per heavy atom. The van der Waals surface area contributed by atoms with Gasteiger partial charge in [0.25, 0.3) is 5.91 Å². The fourth-order valence-electron chi connectivity index (χ4n) is 2.49. The van der Waals surface area contributed by atoms with Crippen molar-refractivity contribution in [2.75, 3.05) is 6.67 Å². The molecule has 1 saturated heterocycles. The van der Waals surface area contributed by atoms with Crippen molar-refractivity contribution in [3.8, 4) is 11.4 Å². The summed E-state index contributed by atoms with van der Waals surface area (Å²) in [6.07, 6.45) is -0.0609. The normalized spacial score (nSPS) is 20.5. The van der Waals surface area contributed by atoms with Gasteiger partial charge in [-0.3, -0.25) is 19.2 Å². The van der Waals surface area contributed by atoms with Gasteiger partial charge in [0.2, 0.25) is 0 Å². The number of aromatic amines is 1. The van der Waals surface area contributed by atoms with Crippen molar-refractivity contribution in [3.63, 3.8) is 0 Å². The van der Waals surface area contributed by atoms with Gasteiger partial charge < -0.3 is 5.32 Å². The molecule has 2 N–H and O–H groups in total. The van der Waals surface area contributed by atoms with Crippen molar-refractivity contribution in [3.05, 3.63) is 34.6 Å². The van der Waals surface area contributed by atoms with Crippen LogP contribution < -0.4 is 5.32 Å². The van der Waals surface area contributed by atoms with Crippen molar-refractivity contribution in [1.29, 1.82) is 0 Å². The molecule has 2 aromatic rings. The van der Waals surface area contributed by atoms with Crippen molar-refractivity contribution in [2.45, 2.75) is 25.4 Å². The van der Waals surface area contributed by atoms with Crippen LogP contribution >= 0.6 is 15.9 Å². The van der Waals surface area contributed by atoms with E-state index in [1.54, 1.807) is 0 Å². The van der Waals surface area contributed by atoms with Crippen molar-refractivity contribution < 1.29 is 14.0 Å². The van der Waals surface area contributed by atoms with Gasteiger partial charge in [-0.2, -0.15) is 5.10 Å². The molecule has 0 radical (unpaired) electrons. The number of rotatable bonds is 5. The molecule has 0 aliphatic carbocycles. The Balaban J connectivity index is 1.76. The van der Waals surface area contributed by atoms with E-state index in [-0.39, 0.29) is 13.0 Å². The van der Waals surface area contributed by atoms with Crippen LogP contribution in [0.15, 0.2) is 28.7 Å². The second kappa shape index (κ2) is 6.31. The zero-order chi connectivity index (χ0) is 17.3. The number of aromatic nitrogens is 3. The topological polar surface area (TPSA) is 91.0 Å². The van der Waals surface area contributed by atoms with Gasteiger partial charge in [0.1, 0.15) is 11.4 Å². The van der Waals surface area contributed by atoms with E-state index in [9.17, 15) is 14.0 Å². The maximum Gasteiger partial charge on any atom is 0.325 e. The fourth-order valence-corrected chi connectivity index (χ4v) is 2.76. The van der Waals surface area contributed by atoms with Gasteiger partial charge in [-0.1, -0.05) is 28.1 Å². The van der Waals surface area contributed by atoms with Crippen LogP contribution in [0.25, 0.3) is 11.4 Å². The number of carbonyl (C=O) groups excluding carboxylic acids is 2. The first-order chi connectivity index (χ1) is 11.4. The Hall–Kier alpha value is -2.29. The lowest BCUT2D eigenvalue weighted by molar-refractivity contribution is -0.131. The number of benzene rings is 1. The molecule has 1 aromatic heterocycles. The van der Waals surface area contributed by atoms with E-state index in [1.165, 1.54) is 6.92 Å². The molecule has 126 valence electrons. The van der Waals surface area contributed by atoms with Crippen LogP contribution in [-0.4, -0.2) is 44.2 Å². The highest BCUT2D eigenvalue weighted by Crippen LogP contribution is 2.23. The van der Waals surface area contributed by atoms with Crippen LogP contribution in [0, 0.1) is 0 Å². The maximum atomic E-state index is 12.6. The minimum Gasteiger partial charge on any atom is -0.323 e. The number of halogens is 2. The first-order valence-electron chi connectivity index (χ1n) is 7.30. The Kier molecular flexibility index (Phi) is 4.35. The highest BCUT2D eigenvalue weighted by molar-refractivity contribution is 9.10. The number of nitrogens with one attached hydrogen (secondary N) is 2. The second-order valence-electron chi connectivity index (χ2n) is 5.71. The third kappa shape index (κ3) is 3.03. The molecular formula is C15H15BrFN5O2. The number of imide groups is 1. The predicted molar refractivity (Wildman–Crippen MR) is 87.6 cm³/mol. The van der Waals surface area contributed by atoms with Gasteiger partial charge in [0.15, 0.2) is 5.82 Å². The van der Waals surface area contributed by atoms with E-state index in [1.807, 2.05) is 24.3 Å². The highest BCUT2D eigenvalue weighted by atomic mass is 79.9. The van der Waals surface area contributed by atoms with Crippen molar-refractivity contribution in [2.24, 2.45) is 0 Å². The molecule has 1 fully saturated rings. The van der Waals surface area contributed by atoms with Gasteiger partial charge in [-0.25, -0.2) is 9.78 Å². The summed E-state index contributed by atoms with van der Waals surface area (Å²) in [5, 5.41) is 9.35. The number of hydrogen-bond acceptors (Lipinski definition) is 4. The van der Waals surface area contributed by atoms with Gasteiger partial charge in [-0.05, 0) is 19.1 Å². The molecule has 9 heteroatoms. The van der Waals surface area contributed by atoms with Crippen LogP contribution in [0.4, 0.5) is 9.18 Å². The largest absolute Gasteiger partial charge is 0.325 e. The number of hydrogen-bond donors (Lipinski definition) is 2. The molecule has 7 nitrogen and oxygen atoms in total. The summed E-state index contributed by atoms with van der Waals surface area (Å²) in [5.41, 5.74) is -0.402. The molecule has 3 amide bonds. The molecule has 1 aromatic carbocycles. The monoisotopic (exact) mass is 395 g/mol. The summed E-state index contributed by atoms with van der Waals surface area (Å²) >= 11 is 3.35. The lowest BCUT2D eigenvalue weighted by atomic mass is 9.99. The number of alkyl halides is 1. The van der Waals surface area contributed by atoms with Crippen LogP contribution in [0.1, 0.15) is 19.2 Å². The minimum atomic E-state index is -1.21. The molecule has 1 atom stereocenters. The molecule has 24 heavy (non-hydrogen) atoms. The molecule has 2 heterocycles. The fraction of sp³-hybridized carbons (Fsp3) is 0.333. The van der Waals surface area contributed by atoms with E-state index in [4.69, 9.17) is 0 Å². The molecule has 1 aliphatic heterocycles. The lowest BCUT2D eigenvalue weighted by Crippen LogP contribution is -2.44. The number of nitrogens with zero attached hydrogens (tertiary/aromatic N) is 3. The Labute approximate surface area is 145 Å². The second-order valence-corrected chi connectivity index (χ2v) is 6.62.